The minimum absolute atomic E-state index is 0.473. The van der Waals surface area contributed by atoms with Crippen molar-refractivity contribution in [2.45, 2.75) is 39.5 Å². The molecular formula is C11H20S. The van der Waals surface area contributed by atoms with Crippen LogP contribution in [0.1, 0.15) is 39.5 Å². The van der Waals surface area contributed by atoms with Crippen molar-refractivity contribution in [2.75, 3.05) is 11.5 Å². The Morgan fingerprint density at radius 3 is 2.67 bits per heavy atom. The molecule has 0 fully saturated rings. The second-order valence-corrected chi connectivity index (χ2v) is 4.40. The molecule has 0 rings (SSSR count). The van der Waals surface area contributed by atoms with Crippen LogP contribution in [0.5, 0.6) is 0 Å². The van der Waals surface area contributed by atoms with Crippen LogP contribution in [-0.2, 0) is 0 Å². The summed E-state index contributed by atoms with van der Waals surface area (Å²) in [5.41, 5.74) is 0. The van der Waals surface area contributed by atoms with E-state index in [2.05, 4.69) is 31.5 Å². The van der Waals surface area contributed by atoms with Gasteiger partial charge in [0, 0.05) is 5.92 Å². The molecule has 0 aromatic rings. The monoisotopic (exact) mass is 184 g/mol. The molecule has 0 heterocycles. The first-order valence-electron chi connectivity index (χ1n) is 4.85. The highest BCUT2D eigenvalue weighted by Crippen LogP contribution is 2.10. The Labute approximate surface area is 81.5 Å². The number of rotatable bonds is 7. The molecule has 0 amide bonds. The Balaban J connectivity index is 2.96. The lowest BCUT2D eigenvalue weighted by atomic mass is 10.1. The summed E-state index contributed by atoms with van der Waals surface area (Å²) < 4.78 is 0. The zero-order valence-corrected chi connectivity index (χ0v) is 9.12. The Bertz CT molecular complexity index is 123. The van der Waals surface area contributed by atoms with Gasteiger partial charge in [0.1, 0.15) is 0 Å². The third-order valence-corrected chi connectivity index (χ3v) is 3.08. The summed E-state index contributed by atoms with van der Waals surface area (Å²) in [4.78, 5) is 0. The Morgan fingerprint density at radius 2 is 2.08 bits per heavy atom. The van der Waals surface area contributed by atoms with Crippen LogP contribution in [0, 0.1) is 18.3 Å². The van der Waals surface area contributed by atoms with E-state index in [-0.39, 0.29) is 0 Å². The topological polar surface area (TPSA) is 0 Å². The van der Waals surface area contributed by atoms with Gasteiger partial charge in [-0.3, -0.25) is 0 Å². The quantitative estimate of drug-likeness (QED) is 0.430. The summed E-state index contributed by atoms with van der Waals surface area (Å²) in [5.74, 6) is 5.85. The zero-order valence-electron chi connectivity index (χ0n) is 8.31. The summed E-state index contributed by atoms with van der Waals surface area (Å²) in [5, 5.41) is 0. The molecule has 0 aliphatic carbocycles. The molecule has 12 heavy (non-hydrogen) atoms. The molecule has 0 saturated carbocycles. The molecule has 1 unspecified atom stereocenters. The van der Waals surface area contributed by atoms with Crippen LogP contribution in [0.25, 0.3) is 0 Å². The van der Waals surface area contributed by atoms with Crippen LogP contribution in [0.4, 0.5) is 0 Å². The molecule has 0 aromatic heterocycles. The van der Waals surface area contributed by atoms with Crippen LogP contribution in [0.15, 0.2) is 0 Å². The average molecular weight is 184 g/mol. The third kappa shape index (κ3) is 8.01. The standard InChI is InChI=1S/C11H20S/c1-4-9-12-10-7-6-8-11(3)5-2/h2,11H,4,6-10H2,1,3H3. The van der Waals surface area contributed by atoms with E-state index in [1.807, 2.05) is 0 Å². The van der Waals surface area contributed by atoms with Crippen molar-refractivity contribution >= 4 is 11.8 Å². The summed E-state index contributed by atoms with van der Waals surface area (Å²) in [6, 6.07) is 0. The number of hydrogen-bond acceptors (Lipinski definition) is 1. The highest BCUT2D eigenvalue weighted by Gasteiger charge is 1.95. The van der Waals surface area contributed by atoms with E-state index < -0.39 is 0 Å². The van der Waals surface area contributed by atoms with Crippen molar-refractivity contribution in [3.8, 4) is 12.3 Å². The smallest absolute Gasteiger partial charge is 0.0171 e. The maximum atomic E-state index is 5.28. The maximum absolute atomic E-state index is 5.28. The van der Waals surface area contributed by atoms with Gasteiger partial charge in [0.05, 0.1) is 0 Å². The molecule has 0 aromatic carbocycles. The highest BCUT2D eigenvalue weighted by atomic mass is 32.2. The molecule has 1 heteroatoms. The number of terminal acetylenes is 1. The van der Waals surface area contributed by atoms with E-state index in [0.29, 0.717) is 5.92 Å². The largest absolute Gasteiger partial charge is 0.162 e. The van der Waals surface area contributed by atoms with Crippen molar-refractivity contribution in [1.29, 1.82) is 0 Å². The Morgan fingerprint density at radius 1 is 1.33 bits per heavy atom. The van der Waals surface area contributed by atoms with Gasteiger partial charge >= 0.3 is 0 Å². The van der Waals surface area contributed by atoms with Gasteiger partial charge in [-0.25, -0.2) is 0 Å². The van der Waals surface area contributed by atoms with E-state index in [1.165, 1.54) is 37.2 Å². The van der Waals surface area contributed by atoms with Crippen molar-refractivity contribution < 1.29 is 0 Å². The average Bonchev–Trinajstić information content (AvgIpc) is 2.10. The fourth-order valence-electron chi connectivity index (χ4n) is 0.984. The Hall–Kier alpha value is -0.0900. The molecule has 1 atom stereocenters. The van der Waals surface area contributed by atoms with Gasteiger partial charge in [-0.05, 0) is 30.8 Å². The fourth-order valence-corrected chi connectivity index (χ4v) is 1.89. The lowest BCUT2D eigenvalue weighted by Gasteiger charge is -2.02. The lowest BCUT2D eigenvalue weighted by molar-refractivity contribution is 0.616. The summed E-state index contributed by atoms with van der Waals surface area (Å²) in [6.07, 6.45) is 10.4. The van der Waals surface area contributed by atoms with Crippen LogP contribution in [-0.4, -0.2) is 11.5 Å². The highest BCUT2D eigenvalue weighted by molar-refractivity contribution is 7.99. The van der Waals surface area contributed by atoms with E-state index in [4.69, 9.17) is 6.42 Å². The number of thioether (sulfide) groups is 1. The minimum atomic E-state index is 0.473. The number of hydrogen-bond donors (Lipinski definition) is 0. The molecule has 0 spiro atoms. The second-order valence-electron chi connectivity index (χ2n) is 3.18. The van der Waals surface area contributed by atoms with Crippen LogP contribution in [0.3, 0.4) is 0 Å². The van der Waals surface area contributed by atoms with Gasteiger partial charge in [0.15, 0.2) is 0 Å². The third-order valence-electron chi connectivity index (χ3n) is 1.81. The Kier molecular flexibility index (Phi) is 8.93. The van der Waals surface area contributed by atoms with E-state index in [1.54, 1.807) is 0 Å². The predicted octanol–water partition coefficient (Wildman–Crippen LogP) is 3.57. The predicted molar refractivity (Wildman–Crippen MR) is 59.5 cm³/mol. The normalized spacial score (nSPS) is 12.4. The van der Waals surface area contributed by atoms with Gasteiger partial charge in [-0.1, -0.05) is 20.3 Å². The fraction of sp³-hybridized carbons (Fsp3) is 0.818. The summed E-state index contributed by atoms with van der Waals surface area (Å²) in [6.45, 7) is 4.35. The van der Waals surface area contributed by atoms with Crippen molar-refractivity contribution in [3.05, 3.63) is 0 Å². The first-order chi connectivity index (χ1) is 5.81. The molecular weight excluding hydrogens is 164 g/mol. The molecule has 70 valence electrons. The summed E-state index contributed by atoms with van der Waals surface area (Å²) in [7, 11) is 0. The SMILES string of the molecule is C#CC(C)CCCCSCCC. The molecule has 0 bridgehead atoms. The minimum Gasteiger partial charge on any atom is -0.162 e. The molecule has 0 radical (unpaired) electrons. The van der Waals surface area contributed by atoms with Crippen molar-refractivity contribution in [3.63, 3.8) is 0 Å². The van der Waals surface area contributed by atoms with Crippen molar-refractivity contribution in [2.24, 2.45) is 5.92 Å². The van der Waals surface area contributed by atoms with Crippen LogP contribution >= 0.6 is 11.8 Å². The van der Waals surface area contributed by atoms with E-state index >= 15 is 0 Å². The van der Waals surface area contributed by atoms with Crippen molar-refractivity contribution in [1.82, 2.24) is 0 Å². The second kappa shape index (κ2) is 9.00. The van der Waals surface area contributed by atoms with Gasteiger partial charge in [-0.2, -0.15) is 11.8 Å². The summed E-state index contributed by atoms with van der Waals surface area (Å²) >= 11 is 2.06. The van der Waals surface area contributed by atoms with Gasteiger partial charge in [-0.15, -0.1) is 12.3 Å². The molecule has 0 aliphatic heterocycles. The molecule has 0 nitrogen and oxygen atoms in total. The zero-order chi connectivity index (χ0) is 9.23. The maximum Gasteiger partial charge on any atom is 0.0171 e. The molecule has 0 aliphatic rings. The van der Waals surface area contributed by atoms with Gasteiger partial charge in [0.25, 0.3) is 0 Å². The first-order valence-corrected chi connectivity index (χ1v) is 6.00. The van der Waals surface area contributed by atoms with E-state index in [0.717, 1.165) is 0 Å². The van der Waals surface area contributed by atoms with Gasteiger partial charge < -0.3 is 0 Å². The lowest BCUT2D eigenvalue weighted by Crippen LogP contribution is -1.90. The van der Waals surface area contributed by atoms with Crippen LogP contribution in [0.2, 0.25) is 0 Å². The molecule has 0 N–H and O–H groups in total. The molecule has 0 saturated heterocycles. The first kappa shape index (κ1) is 11.9. The van der Waals surface area contributed by atoms with Gasteiger partial charge in [0.2, 0.25) is 0 Å². The number of unbranched alkanes of at least 4 members (excludes halogenated alkanes) is 1. The van der Waals surface area contributed by atoms with E-state index in [9.17, 15) is 0 Å². The van der Waals surface area contributed by atoms with Crippen LogP contribution < -0.4 is 0 Å².